The molecule has 11 aromatic carbocycles. The third-order valence-electron chi connectivity index (χ3n) is 13.7. The number of rotatable bonds is 6. The topological polar surface area (TPSA) is 64.7 Å². The maximum absolute atomic E-state index is 6.81. The summed E-state index contributed by atoms with van der Waals surface area (Å²) in [5.74, 6) is 1.64. The molecule has 0 radical (unpaired) electrons. The predicted octanol–water partition coefficient (Wildman–Crippen LogP) is 16.9. The highest BCUT2D eigenvalue weighted by Gasteiger charge is 2.22. The van der Waals surface area contributed by atoms with Gasteiger partial charge in [0.05, 0.1) is 5.56 Å². The molecule has 14 aromatic rings. The van der Waals surface area contributed by atoms with E-state index in [-0.39, 0.29) is 0 Å². The van der Waals surface area contributed by atoms with Crippen LogP contribution in [0.25, 0.3) is 143 Å². The van der Waals surface area contributed by atoms with Crippen LogP contribution in [0.5, 0.6) is 0 Å². The van der Waals surface area contributed by atoms with Gasteiger partial charge in [-0.3, -0.25) is 4.98 Å². The first kappa shape index (κ1) is 38.9. The molecule has 5 nitrogen and oxygen atoms in total. The first-order valence-corrected chi connectivity index (χ1v) is 23.3. The summed E-state index contributed by atoms with van der Waals surface area (Å²) >= 11 is 0. The van der Waals surface area contributed by atoms with Crippen molar-refractivity contribution in [3.8, 4) is 67.5 Å². The second-order valence-electron chi connectivity index (χ2n) is 17.8. The number of nitrogens with zero attached hydrogens (tertiary/aromatic N) is 4. The van der Waals surface area contributed by atoms with Crippen molar-refractivity contribution in [2.45, 2.75) is 0 Å². The van der Waals surface area contributed by atoms with Gasteiger partial charge in [0.1, 0.15) is 11.2 Å². The van der Waals surface area contributed by atoms with E-state index < -0.39 is 0 Å². The number of pyridine rings is 1. The molecule has 0 bridgehead atoms. The Kier molecular flexibility index (Phi) is 8.83. The van der Waals surface area contributed by atoms with Crippen LogP contribution in [0.1, 0.15) is 0 Å². The van der Waals surface area contributed by atoms with Gasteiger partial charge in [0.25, 0.3) is 0 Å². The summed E-state index contributed by atoms with van der Waals surface area (Å²) in [7, 11) is 0. The minimum Gasteiger partial charge on any atom is -0.455 e. The normalized spacial score (nSPS) is 11.8. The number of hydrogen-bond acceptors (Lipinski definition) is 5. The Balaban J connectivity index is 1.07. The van der Waals surface area contributed by atoms with Crippen LogP contribution in [0.3, 0.4) is 0 Å². The van der Waals surface area contributed by atoms with E-state index in [0.717, 1.165) is 82.8 Å². The van der Waals surface area contributed by atoms with Crippen LogP contribution in [0.2, 0.25) is 0 Å². The Labute approximate surface area is 396 Å². The Hall–Kier alpha value is -9.32. The van der Waals surface area contributed by atoms with Gasteiger partial charge in [-0.25, -0.2) is 15.0 Å². The molecule has 0 aliphatic heterocycles. The molecule has 0 atom stereocenters. The molecule has 0 N–H and O–H groups in total. The van der Waals surface area contributed by atoms with Crippen molar-refractivity contribution in [1.82, 2.24) is 19.9 Å². The van der Waals surface area contributed by atoms with Gasteiger partial charge in [-0.1, -0.05) is 170 Å². The zero-order chi connectivity index (χ0) is 45.4. The fraction of sp³-hybridized carbons (Fsp3) is 0. The number of benzene rings is 11. The van der Waals surface area contributed by atoms with E-state index in [9.17, 15) is 0 Å². The lowest BCUT2D eigenvalue weighted by Crippen LogP contribution is -2.01. The van der Waals surface area contributed by atoms with Crippen LogP contribution in [-0.4, -0.2) is 19.9 Å². The van der Waals surface area contributed by atoms with E-state index in [4.69, 9.17) is 19.4 Å². The zero-order valence-corrected chi connectivity index (χ0v) is 37.1. The van der Waals surface area contributed by atoms with Gasteiger partial charge in [0.15, 0.2) is 17.5 Å². The van der Waals surface area contributed by atoms with E-state index in [0.29, 0.717) is 17.5 Å². The van der Waals surface area contributed by atoms with Crippen LogP contribution in [0.15, 0.2) is 235 Å². The molecule has 0 spiro atoms. The highest BCUT2D eigenvalue weighted by Crippen LogP contribution is 2.44. The van der Waals surface area contributed by atoms with Crippen molar-refractivity contribution in [3.05, 3.63) is 231 Å². The monoisotopic (exact) mass is 878 g/mol. The van der Waals surface area contributed by atoms with Crippen LogP contribution in [-0.2, 0) is 0 Å². The van der Waals surface area contributed by atoms with Crippen molar-refractivity contribution in [2.24, 2.45) is 0 Å². The van der Waals surface area contributed by atoms with Crippen LogP contribution >= 0.6 is 0 Å². The van der Waals surface area contributed by atoms with Gasteiger partial charge in [0, 0.05) is 34.3 Å². The Morgan fingerprint density at radius 1 is 0.304 bits per heavy atom. The largest absolute Gasteiger partial charge is 0.455 e. The molecule has 0 saturated heterocycles. The third kappa shape index (κ3) is 6.47. The molecule has 0 unspecified atom stereocenters. The Morgan fingerprint density at radius 2 is 0.797 bits per heavy atom. The maximum Gasteiger partial charge on any atom is 0.167 e. The van der Waals surface area contributed by atoms with Crippen molar-refractivity contribution in [1.29, 1.82) is 0 Å². The van der Waals surface area contributed by atoms with E-state index in [1.54, 1.807) is 6.20 Å². The number of aromatic nitrogens is 4. The second-order valence-corrected chi connectivity index (χ2v) is 17.8. The molecule has 5 heteroatoms. The van der Waals surface area contributed by atoms with E-state index in [1.165, 1.54) is 43.1 Å². The molecule has 0 amide bonds. The minimum absolute atomic E-state index is 0.526. The quantitative estimate of drug-likeness (QED) is 0.156. The number of hydrogen-bond donors (Lipinski definition) is 0. The average Bonchev–Trinajstić information content (AvgIpc) is 3.81. The second kappa shape index (κ2) is 15.7. The molecule has 69 heavy (non-hydrogen) atoms. The molecule has 0 aliphatic rings. The molecule has 0 aliphatic carbocycles. The lowest BCUT2D eigenvalue weighted by molar-refractivity contribution is 0.670. The van der Waals surface area contributed by atoms with Gasteiger partial charge in [-0.15, -0.1) is 0 Å². The average molecular weight is 879 g/mol. The number of fused-ring (bicyclic) bond motifs is 9. The molecule has 0 fully saturated rings. The third-order valence-corrected chi connectivity index (χ3v) is 13.7. The first-order valence-electron chi connectivity index (χ1n) is 23.3. The number of furan rings is 1. The van der Waals surface area contributed by atoms with Gasteiger partial charge in [0.2, 0.25) is 0 Å². The lowest BCUT2D eigenvalue weighted by atomic mass is 9.87. The summed E-state index contributed by atoms with van der Waals surface area (Å²) in [6.45, 7) is 0. The minimum atomic E-state index is 0.526. The standard InChI is InChI=1S/C64H38N4O/c1-6-19-50-40(13-1)30-31-57-60(50)55-24-11-25-56(61(55)69-57)64-67-62(41-28-26-39(27-29-41)46-18-12-32-65-38-46)66-63(68-64)49-36-47(58-51-20-7-2-14-42(51)33-43-15-3-8-21-52(43)58)35-48(37-49)59-53-22-9-4-16-44(53)34-45-17-5-10-23-54(45)59/h1-38H. The fourth-order valence-electron chi connectivity index (χ4n) is 10.5. The molecule has 3 heterocycles. The lowest BCUT2D eigenvalue weighted by Gasteiger charge is -2.18. The SMILES string of the molecule is c1cncc(-c2ccc(-c3nc(-c4cc(-c5c6ccccc6cc6ccccc56)cc(-c5c6ccccc6cc6ccccc56)c4)nc(-c4cccc5c4oc4ccc6ccccc6c45)n3)cc2)c1. The summed E-state index contributed by atoms with van der Waals surface area (Å²) in [6, 6.07) is 77.6. The van der Waals surface area contributed by atoms with Crippen LogP contribution in [0.4, 0.5) is 0 Å². The molecule has 3 aromatic heterocycles. The van der Waals surface area contributed by atoms with Crippen molar-refractivity contribution in [3.63, 3.8) is 0 Å². The Bertz CT molecular complexity index is 4120. The van der Waals surface area contributed by atoms with Gasteiger partial charge in [-0.05, 0) is 136 Å². The molecular weight excluding hydrogens is 841 g/mol. The highest BCUT2D eigenvalue weighted by atomic mass is 16.3. The highest BCUT2D eigenvalue weighted by molar-refractivity contribution is 6.21. The summed E-state index contributed by atoms with van der Waals surface area (Å²) < 4.78 is 6.81. The van der Waals surface area contributed by atoms with Gasteiger partial charge >= 0.3 is 0 Å². The van der Waals surface area contributed by atoms with E-state index in [1.807, 2.05) is 12.3 Å². The first-order chi connectivity index (χ1) is 34.2. The maximum atomic E-state index is 6.81. The summed E-state index contributed by atoms with van der Waals surface area (Å²) in [4.78, 5) is 20.6. The smallest absolute Gasteiger partial charge is 0.167 e. The Morgan fingerprint density at radius 3 is 1.38 bits per heavy atom. The fourth-order valence-corrected chi connectivity index (χ4v) is 10.5. The van der Waals surface area contributed by atoms with E-state index in [2.05, 4.69) is 217 Å². The van der Waals surface area contributed by atoms with Crippen molar-refractivity contribution >= 4 is 75.8 Å². The van der Waals surface area contributed by atoms with Gasteiger partial charge < -0.3 is 4.42 Å². The summed E-state index contributed by atoms with van der Waals surface area (Å²) in [5.41, 5.74) is 10.7. The molecule has 14 rings (SSSR count). The van der Waals surface area contributed by atoms with Crippen molar-refractivity contribution in [2.75, 3.05) is 0 Å². The number of para-hydroxylation sites is 1. The molecule has 320 valence electrons. The summed E-state index contributed by atoms with van der Waals surface area (Å²) in [6.07, 6.45) is 3.68. The van der Waals surface area contributed by atoms with Crippen molar-refractivity contribution < 1.29 is 4.42 Å². The summed E-state index contributed by atoms with van der Waals surface area (Å²) in [5, 5.41) is 13.8. The van der Waals surface area contributed by atoms with Crippen LogP contribution in [0, 0.1) is 0 Å². The zero-order valence-electron chi connectivity index (χ0n) is 37.1. The molecule has 0 saturated carbocycles. The van der Waals surface area contributed by atoms with Crippen LogP contribution < -0.4 is 0 Å². The predicted molar refractivity (Wildman–Crippen MR) is 285 cm³/mol. The van der Waals surface area contributed by atoms with E-state index >= 15 is 0 Å². The molecular formula is C64H38N4O. The van der Waals surface area contributed by atoms with Gasteiger partial charge in [-0.2, -0.15) is 0 Å².